The number of carbonyl (C=O) groups excluding carboxylic acids is 1. The molecule has 0 radical (unpaired) electrons. The number of ether oxygens (including phenoxy) is 2. The van der Waals surface area contributed by atoms with E-state index < -0.39 is 12.1 Å². The minimum absolute atomic E-state index is 0.134. The number of methoxy groups -OCH3 is 2. The Hall–Kier alpha value is -1.34. The first-order chi connectivity index (χ1) is 8.60. The Kier molecular flexibility index (Phi) is 9.99. The van der Waals surface area contributed by atoms with Crippen LogP contribution in [0.4, 0.5) is 4.79 Å². The van der Waals surface area contributed by atoms with Gasteiger partial charge in [0.2, 0.25) is 0 Å². The Morgan fingerprint density at radius 1 is 1.22 bits per heavy atom. The number of carbonyl (C=O) groups is 2. The second kappa shape index (κ2) is 10.8. The summed E-state index contributed by atoms with van der Waals surface area (Å²) in [4.78, 5) is 21.8. The highest BCUT2D eigenvalue weighted by Gasteiger charge is 2.13. The van der Waals surface area contributed by atoms with E-state index in [0.717, 1.165) is 12.8 Å². The number of carboxylic acids is 1. The summed E-state index contributed by atoms with van der Waals surface area (Å²) in [6.45, 7) is 1.41. The summed E-state index contributed by atoms with van der Waals surface area (Å²) < 4.78 is 9.81. The van der Waals surface area contributed by atoms with Crippen LogP contribution in [0, 0.1) is 0 Å². The van der Waals surface area contributed by atoms with E-state index in [2.05, 4.69) is 10.6 Å². The molecule has 1 atom stereocenters. The quantitative estimate of drug-likeness (QED) is 0.489. The van der Waals surface area contributed by atoms with Crippen molar-refractivity contribution >= 4 is 12.0 Å². The van der Waals surface area contributed by atoms with Crippen LogP contribution in [-0.4, -0.2) is 57.1 Å². The van der Waals surface area contributed by atoms with E-state index in [1.165, 1.54) is 7.11 Å². The number of hydrogen-bond acceptors (Lipinski definition) is 4. The summed E-state index contributed by atoms with van der Waals surface area (Å²) in [5.74, 6) is -0.955. The molecule has 0 spiro atoms. The monoisotopic (exact) mass is 262 g/mol. The Balaban J connectivity index is 3.58. The lowest BCUT2D eigenvalue weighted by Crippen LogP contribution is -2.41. The molecule has 3 N–H and O–H groups in total. The molecule has 0 fully saturated rings. The van der Waals surface area contributed by atoms with E-state index in [0.29, 0.717) is 13.2 Å². The zero-order valence-corrected chi connectivity index (χ0v) is 10.9. The van der Waals surface area contributed by atoms with Crippen molar-refractivity contribution in [3.8, 4) is 0 Å². The Morgan fingerprint density at radius 3 is 2.50 bits per heavy atom. The molecule has 7 nitrogen and oxygen atoms in total. The van der Waals surface area contributed by atoms with Crippen LogP contribution in [0.3, 0.4) is 0 Å². The lowest BCUT2D eigenvalue weighted by molar-refractivity contribution is -0.139. The van der Waals surface area contributed by atoms with Crippen LogP contribution in [-0.2, 0) is 14.3 Å². The summed E-state index contributed by atoms with van der Waals surface area (Å²) in [7, 11) is 3.05. The van der Waals surface area contributed by atoms with Crippen LogP contribution in [0.1, 0.15) is 19.3 Å². The van der Waals surface area contributed by atoms with Crippen LogP contribution >= 0.6 is 0 Å². The highest BCUT2D eigenvalue weighted by atomic mass is 16.5. The summed E-state index contributed by atoms with van der Waals surface area (Å²) in [5.41, 5.74) is 0. The molecule has 0 aromatic heterocycles. The smallest absolute Gasteiger partial charge is 0.314 e. The van der Waals surface area contributed by atoms with Gasteiger partial charge < -0.3 is 25.2 Å². The third kappa shape index (κ3) is 9.86. The summed E-state index contributed by atoms with van der Waals surface area (Å²) >= 11 is 0. The molecule has 18 heavy (non-hydrogen) atoms. The number of amides is 2. The van der Waals surface area contributed by atoms with Crippen LogP contribution in [0.25, 0.3) is 0 Å². The molecule has 0 aliphatic rings. The molecule has 0 aromatic rings. The lowest BCUT2D eigenvalue weighted by atomic mass is 10.2. The molecule has 106 valence electrons. The van der Waals surface area contributed by atoms with Crippen molar-refractivity contribution in [2.24, 2.45) is 0 Å². The number of rotatable bonds is 10. The molecule has 0 bridgehead atoms. The van der Waals surface area contributed by atoms with Gasteiger partial charge in [0.1, 0.15) is 0 Å². The third-order valence-electron chi connectivity index (χ3n) is 2.29. The molecule has 2 amide bonds. The van der Waals surface area contributed by atoms with Crippen LogP contribution in [0.15, 0.2) is 0 Å². The molecule has 0 aliphatic heterocycles. The van der Waals surface area contributed by atoms with E-state index in [4.69, 9.17) is 14.6 Å². The maximum absolute atomic E-state index is 11.3. The summed E-state index contributed by atoms with van der Waals surface area (Å²) in [6, 6.07) is -0.320. The molecule has 0 aromatic carbocycles. The number of carboxylic acid groups (broad SMARTS) is 1. The van der Waals surface area contributed by atoms with Crippen LogP contribution in [0.2, 0.25) is 0 Å². The number of aliphatic carboxylic acids is 1. The Labute approximate surface area is 107 Å². The zero-order valence-electron chi connectivity index (χ0n) is 10.9. The summed E-state index contributed by atoms with van der Waals surface area (Å²) in [5, 5.41) is 13.8. The maximum atomic E-state index is 11.3. The SMILES string of the molecule is COCCCCNC(=O)NCC(CC(=O)O)OC. The minimum atomic E-state index is -0.955. The number of hydrogen-bond donors (Lipinski definition) is 3. The maximum Gasteiger partial charge on any atom is 0.314 e. The molecule has 0 heterocycles. The Bertz CT molecular complexity index is 248. The van der Waals surface area contributed by atoms with E-state index in [9.17, 15) is 9.59 Å². The largest absolute Gasteiger partial charge is 0.481 e. The van der Waals surface area contributed by atoms with Crippen molar-refractivity contribution in [3.05, 3.63) is 0 Å². The van der Waals surface area contributed by atoms with Gasteiger partial charge >= 0.3 is 12.0 Å². The first-order valence-electron chi connectivity index (χ1n) is 5.85. The van der Waals surface area contributed by atoms with Crippen molar-refractivity contribution in [1.82, 2.24) is 10.6 Å². The second-order valence-corrected chi connectivity index (χ2v) is 3.79. The van der Waals surface area contributed by atoms with E-state index >= 15 is 0 Å². The highest BCUT2D eigenvalue weighted by Crippen LogP contribution is 1.95. The highest BCUT2D eigenvalue weighted by molar-refractivity contribution is 5.74. The average molecular weight is 262 g/mol. The minimum Gasteiger partial charge on any atom is -0.481 e. The summed E-state index contributed by atoms with van der Waals surface area (Å²) in [6.07, 6.45) is 1.08. The van der Waals surface area contributed by atoms with E-state index in [1.807, 2.05) is 0 Å². The van der Waals surface area contributed by atoms with Crippen molar-refractivity contribution in [1.29, 1.82) is 0 Å². The zero-order chi connectivity index (χ0) is 13.8. The van der Waals surface area contributed by atoms with Gasteiger partial charge in [0, 0.05) is 33.9 Å². The van der Waals surface area contributed by atoms with Gasteiger partial charge in [-0.05, 0) is 12.8 Å². The lowest BCUT2D eigenvalue weighted by Gasteiger charge is -2.14. The molecule has 7 heteroatoms. The van der Waals surface area contributed by atoms with Gasteiger partial charge in [0.05, 0.1) is 12.5 Å². The fourth-order valence-corrected chi connectivity index (χ4v) is 1.28. The van der Waals surface area contributed by atoms with Gasteiger partial charge in [-0.25, -0.2) is 4.79 Å². The van der Waals surface area contributed by atoms with Gasteiger partial charge in [0.15, 0.2) is 0 Å². The molecule has 0 saturated carbocycles. The fourth-order valence-electron chi connectivity index (χ4n) is 1.28. The normalized spacial score (nSPS) is 11.9. The van der Waals surface area contributed by atoms with Gasteiger partial charge in [0.25, 0.3) is 0 Å². The molecule has 0 saturated heterocycles. The van der Waals surface area contributed by atoms with Crippen LogP contribution < -0.4 is 10.6 Å². The predicted molar refractivity (Wildman–Crippen MR) is 65.6 cm³/mol. The van der Waals surface area contributed by atoms with Crippen molar-refractivity contribution in [2.75, 3.05) is 33.9 Å². The van der Waals surface area contributed by atoms with Gasteiger partial charge in [-0.15, -0.1) is 0 Å². The molecular weight excluding hydrogens is 240 g/mol. The average Bonchev–Trinajstić information content (AvgIpc) is 2.33. The van der Waals surface area contributed by atoms with Crippen molar-refractivity contribution in [3.63, 3.8) is 0 Å². The van der Waals surface area contributed by atoms with Gasteiger partial charge in [-0.1, -0.05) is 0 Å². The predicted octanol–water partition coefficient (Wildman–Crippen LogP) is 0.202. The fraction of sp³-hybridized carbons (Fsp3) is 0.818. The number of nitrogens with one attached hydrogen (secondary N) is 2. The van der Waals surface area contributed by atoms with E-state index in [-0.39, 0.29) is 19.0 Å². The molecular formula is C11H22N2O5. The Morgan fingerprint density at radius 2 is 1.94 bits per heavy atom. The molecule has 1 unspecified atom stereocenters. The topological polar surface area (TPSA) is 96.9 Å². The number of unbranched alkanes of at least 4 members (excludes halogenated alkanes) is 1. The van der Waals surface area contributed by atoms with Crippen molar-refractivity contribution < 1.29 is 24.2 Å². The van der Waals surface area contributed by atoms with E-state index in [1.54, 1.807) is 7.11 Å². The first kappa shape index (κ1) is 16.7. The van der Waals surface area contributed by atoms with Crippen LogP contribution in [0.5, 0.6) is 0 Å². The van der Waals surface area contributed by atoms with Gasteiger partial charge in [-0.2, -0.15) is 0 Å². The standard InChI is InChI=1S/C11H22N2O5/c1-17-6-4-3-5-12-11(16)13-8-9(18-2)7-10(14)15/h9H,3-8H2,1-2H3,(H,14,15)(H2,12,13,16). The van der Waals surface area contributed by atoms with Crippen molar-refractivity contribution in [2.45, 2.75) is 25.4 Å². The number of urea groups is 1. The van der Waals surface area contributed by atoms with Gasteiger partial charge in [-0.3, -0.25) is 4.79 Å². The molecule has 0 aliphatic carbocycles. The second-order valence-electron chi connectivity index (χ2n) is 3.79. The molecule has 0 rings (SSSR count). The third-order valence-corrected chi connectivity index (χ3v) is 2.29. The first-order valence-corrected chi connectivity index (χ1v) is 5.85.